The zero-order valence-electron chi connectivity index (χ0n) is 10.7. The van der Waals surface area contributed by atoms with Gasteiger partial charge in [-0.05, 0) is 23.8 Å². The van der Waals surface area contributed by atoms with Crippen LogP contribution in [0.15, 0.2) is 22.7 Å². The molecule has 22 heavy (non-hydrogen) atoms. The number of hydrogen-bond acceptors (Lipinski definition) is 4. The van der Waals surface area contributed by atoms with Crippen LogP contribution in [-0.4, -0.2) is 15.2 Å². The highest BCUT2D eigenvalue weighted by Crippen LogP contribution is 2.36. The Morgan fingerprint density at radius 3 is 1.91 bits per heavy atom. The minimum Gasteiger partial charge on any atom is -0.387 e. The molecule has 0 saturated carbocycles. The van der Waals surface area contributed by atoms with Crippen molar-refractivity contribution in [1.82, 2.24) is 10.1 Å². The van der Waals surface area contributed by atoms with E-state index in [1.807, 2.05) is 0 Å². The van der Waals surface area contributed by atoms with Crippen LogP contribution in [0.3, 0.4) is 0 Å². The molecule has 0 unspecified atom stereocenters. The van der Waals surface area contributed by atoms with Crippen molar-refractivity contribution in [3.05, 3.63) is 46.6 Å². The molecule has 120 valence electrons. The van der Waals surface area contributed by atoms with Crippen molar-refractivity contribution in [2.45, 2.75) is 25.4 Å². The third kappa shape index (κ3) is 3.75. The van der Waals surface area contributed by atoms with E-state index in [1.54, 1.807) is 0 Å². The topological polar surface area (TPSA) is 59.2 Å². The number of nitrogens with zero attached hydrogens (tertiary/aromatic N) is 2. The highest BCUT2D eigenvalue weighted by molar-refractivity contribution is 5.34. The number of alkyl halides is 6. The smallest absolute Gasteiger partial charge is 0.387 e. The highest BCUT2D eigenvalue weighted by atomic mass is 19.4. The molecular weight excluding hydrogens is 318 g/mol. The van der Waals surface area contributed by atoms with Crippen LogP contribution in [0.1, 0.15) is 28.4 Å². The number of hydrogen-bond donors (Lipinski definition) is 1. The summed E-state index contributed by atoms with van der Waals surface area (Å²) >= 11 is 0. The number of benzene rings is 1. The molecule has 4 nitrogen and oxygen atoms in total. The average molecular weight is 326 g/mol. The van der Waals surface area contributed by atoms with Gasteiger partial charge in [0.1, 0.15) is 6.61 Å². The lowest BCUT2D eigenvalue weighted by atomic mass is 10.0. The number of aromatic nitrogens is 2. The van der Waals surface area contributed by atoms with Gasteiger partial charge in [0.25, 0.3) is 5.89 Å². The van der Waals surface area contributed by atoms with Crippen molar-refractivity contribution in [3.63, 3.8) is 0 Å². The van der Waals surface area contributed by atoms with E-state index in [-0.39, 0.29) is 23.3 Å². The molecule has 0 aliphatic heterocycles. The minimum atomic E-state index is -4.91. The summed E-state index contributed by atoms with van der Waals surface area (Å²) in [7, 11) is 0. The Balaban J connectivity index is 2.41. The third-order valence-electron chi connectivity index (χ3n) is 2.66. The molecule has 1 N–H and O–H groups in total. The van der Waals surface area contributed by atoms with E-state index in [9.17, 15) is 26.3 Å². The predicted molar refractivity (Wildman–Crippen MR) is 59.5 cm³/mol. The van der Waals surface area contributed by atoms with Gasteiger partial charge in [-0.3, -0.25) is 0 Å². The van der Waals surface area contributed by atoms with E-state index >= 15 is 0 Å². The minimum absolute atomic E-state index is 0.0406. The standard InChI is InChI=1S/C12H8F6N2O2/c13-11(14,15)7-1-6(2-8(4-7)12(16,17)18)3-9-19-10(5-21)22-20-9/h1-2,4,21H,3,5H2. The molecule has 1 aromatic carbocycles. The number of aliphatic hydroxyl groups excluding tert-OH is 1. The average Bonchev–Trinajstić information content (AvgIpc) is 2.84. The summed E-state index contributed by atoms with van der Waals surface area (Å²) in [6, 6.07) is 1.22. The summed E-state index contributed by atoms with van der Waals surface area (Å²) in [5, 5.41) is 12.1. The van der Waals surface area contributed by atoms with E-state index in [0.29, 0.717) is 12.1 Å². The van der Waals surface area contributed by atoms with Gasteiger partial charge in [-0.2, -0.15) is 31.3 Å². The molecule has 0 bridgehead atoms. The van der Waals surface area contributed by atoms with Crippen molar-refractivity contribution >= 4 is 0 Å². The molecular formula is C12H8F6N2O2. The quantitative estimate of drug-likeness (QED) is 0.880. The first-order valence-corrected chi connectivity index (χ1v) is 5.80. The monoisotopic (exact) mass is 326 g/mol. The summed E-state index contributed by atoms with van der Waals surface area (Å²) in [5.41, 5.74) is -3.10. The summed E-state index contributed by atoms with van der Waals surface area (Å²) in [4.78, 5) is 3.62. The lowest BCUT2D eigenvalue weighted by Crippen LogP contribution is -2.12. The van der Waals surface area contributed by atoms with Gasteiger partial charge in [0, 0.05) is 6.42 Å². The number of halogens is 6. The summed E-state index contributed by atoms with van der Waals surface area (Å²) in [6.07, 6.45) is -10.2. The summed E-state index contributed by atoms with van der Waals surface area (Å²) in [6.45, 7) is -0.580. The van der Waals surface area contributed by atoms with Gasteiger partial charge in [-0.1, -0.05) is 5.16 Å². The maximum atomic E-state index is 12.7. The Labute approximate surface area is 119 Å². The highest BCUT2D eigenvalue weighted by Gasteiger charge is 2.36. The number of aliphatic hydroxyl groups is 1. The van der Waals surface area contributed by atoms with E-state index in [1.165, 1.54) is 0 Å². The van der Waals surface area contributed by atoms with Crippen LogP contribution >= 0.6 is 0 Å². The molecule has 1 aromatic heterocycles. The van der Waals surface area contributed by atoms with Crippen molar-refractivity contribution in [1.29, 1.82) is 0 Å². The first-order chi connectivity index (χ1) is 10.1. The lowest BCUT2D eigenvalue weighted by molar-refractivity contribution is -0.143. The van der Waals surface area contributed by atoms with Gasteiger partial charge in [0.15, 0.2) is 5.82 Å². The van der Waals surface area contributed by atoms with Crippen LogP contribution in [0, 0.1) is 0 Å². The lowest BCUT2D eigenvalue weighted by Gasteiger charge is -2.13. The van der Waals surface area contributed by atoms with E-state index in [2.05, 4.69) is 14.7 Å². The summed E-state index contributed by atoms with van der Waals surface area (Å²) in [5.74, 6) is -0.311. The van der Waals surface area contributed by atoms with Crippen LogP contribution in [0.4, 0.5) is 26.3 Å². The van der Waals surface area contributed by atoms with E-state index in [4.69, 9.17) is 5.11 Å². The fraction of sp³-hybridized carbons (Fsp3) is 0.333. The second kappa shape index (κ2) is 5.59. The van der Waals surface area contributed by atoms with Gasteiger partial charge in [0.05, 0.1) is 11.1 Å². The predicted octanol–water partition coefficient (Wildman–Crippen LogP) is 3.19. The van der Waals surface area contributed by atoms with Gasteiger partial charge >= 0.3 is 12.4 Å². The van der Waals surface area contributed by atoms with E-state index < -0.39 is 36.5 Å². The Hall–Kier alpha value is -2.10. The Bertz CT molecular complexity index is 630. The molecule has 10 heteroatoms. The molecule has 0 spiro atoms. The largest absolute Gasteiger partial charge is 0.416 e. The number of rotatable bonds is 3. The van der Waals surface area contributed by atoms with Gasteiger partial charge in [-0.15, -0.1) is 0 Å². The maximum absolute atomic E-state index is 12.7. The third-order valence-corrected chi connectivity index (χ3v) is 2.66. The Morgan fingerprint density at radius 1 is 0.955 bits per heavy atom. The van der Waals surface area contributed by atoms with Crippen molar-refractivity contribution < 1.29 is 36.0 Å². The van der Waals surface area contributed by atoms with Crippen LogP contribution < -0.4 is 0 Å². The van der Waals surface area contributed by atoms with Crippen molar-refractivity contribution in [2.75, 3.05) is 0 Å². The second-order valence-corrected chi connectivity index (χ2v) is 4.35. The normalized spacial score (nSPS) is 12.7. The first-order valence-electron chi connectivity index (χ1n) is 5.80. The van der Waals surface area contributed by atoms with Crippen LogP contribution in [-0.2, 0) is 25.4 Å². The second-order valence-electron chi connectivity index (χ2n) is 4.35. The fourth-order valence-electron chi connectivity index (χ4n) is 1.73. The van der Waals surface area contributed by atoms with Gasteiger partial charge < -0.3 is 9.63 Å². The van der Waals surface area contributed by atoms with Gasteiger partial charge in [0.2, 0.25) is 0 Å². The first kappa shape index (κ1) is 16.3. The molecule has 0 aliphatic carbocycles. The molecule has 0 radical (unpaired) electrons. The zero-order chi connectivity index (χ0) is 16.5. The molecule has 2 rings (SSSR count). The SMILES string of the molecule is OCc1nc(Cc2cc(C(F)(F)F)cc(C(F)(F)F)c2)no1. The van der Waals surface area contributed by atoms with Gasteiger partial charge in [-0.25, -0.2) is 0 Å². The Morgan fingerprint density at radius 2 is 1.50 bits per heavy atom. The fourth-order valence-corrected chi connectivity index (χ4v) is 1.73. The van der Waals surface area contributed by atoms with E-state index in [0.717, 1.165) is 0 Å². The molecule has 0 amide bonds. The summed E-state index contributed by atoms with van der Waals surface area (Å²) < 4.78 is 80.6. The van der Waals surface area contributed by atoms with Crippen LogP contribution in [0.5, 0.6) is 0 Å². The molecule has 0 atom stereocenters. The molecule has 0 aliphatic rings. The Kier molecular flexibility index (Phi) is 4.14. The molecule has 0 fully saturated rings. The van der Waals surface area contributed by atoms with Crippen molar-refractivity contribution in [2.24, 2.45) is 0 Å². The van der Waals surface area contributed by atoms with Crippen LogP contribution in [0.25, 0.3) is 0 Å². The maximum Gasteiger partial charge on any atom is 0.416 e. The zero-order valence-corrected chi connectivity index (χ0v) is 10.7. The van der Waals surface area contributed by atoms with Crippen molar-refractivity contribution in [3.8, 4) is 0 Å². The van der Waals surface area contributed by atoms with Crippen LogP contribution in [0.2, 0.25) is 0 Å². The molecule has 0 saturated heterocycles. The molecule has 2 aromatic rings. The molecule has 1 heterocycles.